The van der Waals surface area contributed by atoms with E-state index in [4.69, 9.17) is 11.6 Å². The van der Waals surface area contributed by atoms with Crippen LogP contribution in [-0.4, -0.2) is 36.0 Å². The van der Waals surface area contributed by atoms with Crippen molar-refractivity contribution in [1.29, 1.82) is 0 Å². The van der Waals surface area contributed by atoms with Gasteiger partial charge in [-0.3, -0.25) is 20.2 Å². The van der Waals surface area contributed by atoms with Crippen molar-refractivity contribution < 1.29 is 9.85 Å². The quantitative estimate of drug-likeness (QED) is 0.610. The van der Waals surface area contributed by atoms with E-state index in [-0.39, 0.29) is 11.4 Å². The Morgan fingerprint density at radius 3 is 2.00 bits per heavy atom. The number of benzene rings is 2. The van der Waals surface area contributed by atoms with Gasteiger partial charge in [-0.25, -0.2) is 0 Å². The average molecular weight is 363 g/mol. The summed E-state index contributed by atoms with van der Waals surface area (Å²) in [6.07, 6.45) is 0. The molecular weight excluding hydrogens is 348 g/mol. The Kier molecular flexibility index (Phi) is 4.71. The molecule has 0 spiro atoms. The number of nitro benzene ring substituents is 2. The number of hydrogen-bond donors (Lipinski definition) is 0. The van der Waals surface area contributed by atoms with E-state index in [1.54, 1.807) is 0 Å². The number of anilines is 2. The summed E-state index contributed by atoms with van der Waals surface area (Å²) in [6, 6.07) is 11.3. The zero-order valence-corrected chi connectivity index (χ0v) is 13.9. The molecule has 0 bridgehead atoms. The minimum absolute atomic E-state index is 0.250. The van der Waals surface area contributed by atoms with Crippen LogP contribution in [0.5, 0.6) is 0 Å². The molecule has 1 heterocycles. The Labute approximate surface area is 148 Å². The predicted molar refractivity (Wildman–Crippen MR) is 95.6 cm³/mol. The molecule has 1 saturated heterocycles. The summed E-state index contributed by atoms with van der Waals surface area (Å²) in [7, 11) is 0. The molecule has 1 aliphatic rings. The second-order valence-electron chi connectivity index (χ2n) is 5.61. The van der Waals surface area contributed by atoms with Crippen molar-refractivity contribution in [2.45, 2.75) is 0 Å². The molecule has 1 fully saturated rings. The maximum atomic E-state index is 11.3. The molecule has 25 heavy (non-hydrogen) atoms. The molecular formula is C16H15ClN4O4. The molecule has 0 saturated carbocycles. The van der Waals surface area contributed by atoms with Crippen LogP contribution >= 0.6 is 11.6 Å². The van der Waals surface area contributed by atoms with Gasteiger partial charge in [0.05, 0.1) is 26.6 Å². The van der Waals surface area contributed by atoms with Crippen molar-refractivity contribution >= 4 is 34.4 Å². The second kappa shape index (κ2) is 6.94. The smallest absolute Gasteiger partial charge is 0.299 e. The van der Waals surface area contributed by atoms with Gasteiger partial charge in [0, 0.05) is 32.2 Å². The summed E-state index contributed by atoms with van der Waals surface area (Å²) in [6.45, 7) is 2.42. The Balaban J connectivity index is 1.80. The van der Waals surface area contributed by atoms with Gasteiger partial charge in [-0.2, -0.15) is 0 Å². The molecule has 0 aliphatic carbocycles. The Morgan fingerprint density at radius 2 is 1.44 bits per heavy atom. The largest absolute Gasteiger partial charge is 0.367 e. The Hall–Kier alpha value is -2.87. The number of non-ortho nitro benzene ring substituents is 1. The van der Waals surface area contributed by atoms with Gasteiger partial charge in [0.15, 0.2) is 0 Å². The normalized spacial score (nSPS) is 14.4. The van der Waals surface area contributed by atoms with Crippen molar-refractivity contribution in [3.63, 3.8) is 0 Å². The van der Waals surface area contributed by atoms with Crippen LogP contribution in [0.15, 0.2) is 42.5 Å². The third-order valence-corrected chi connectivity index (χ3v) is 4.50. The molecule has 8 nitrogen and oxygen atoms in total. The zero-order chi connectivity index (χ0) is 18.0. The van der Waals surface area contributed by atoms with Crippen LogP contribution in [0.25, 0.3) is 0 Å². The minimum Gasteiger partial charge on any atom is -0.367 e. The van der Waals surface area contributed by atoms with E-state index < -0.39 is 9.85 Å². The molecule has 3 rings (SSSR count). The predicted octanol–water partition coefficient (Wildman–Crippen LogP) is 3.48. The summed E-state index contributed by atoms with van der Waals surface area (Å²) in [5.41, 5.74) is 0.793. The molecule has 0 unspecified atom stereocenters. The van der Waals surface area contributed by atoms with Gasteiger partial charge in [-0.15, -0.1) is 0 Å². The highest BCUT2D eigenvalue weighted by atomic mass is 35.5. The number of halogens is 1. The fourth-order valence-electron chi connectivity index (χ4n) is 2.94. The summed E-state index contributed by atoms with van der Waals surface area (Å²) < 4.78 is 0. The topological polar surface area (TPSA) is 92.8 Å². The van der Waals surface area contributed by atoms with Crippen LogP contribution in [0, 0.1) is 20.2 Å². The van der Waals surface area contributed by atoms with Gasteiger partial charge in [0.2, 0.25) is 0 Å². The number of rotatable bonds is 4. The summed E-state index contributed by atoms with van der Waals surface area (Å²) in [4.78, 5) is 24.9. The van der Waals surface area contributed by atoms with E-state index in [9.17, 15) is 20.2 Å². The van der Waals surface area contributed by atoms with E-state index in [1.165, 1.54) is 12.1 Å². The monoisotopic (exact) mass is 362 g/mol. The summed E-state index contributed by atoms with van der Waals surface area (Å²) in [5.74, 6) is 0. The van der Waals surface area contributed by atoms with Crippen molar-refractivity contribution in [3.05, 3.63) is 67.7 Å². The van der Waals surface area contributed by atoms with Gasteiger partial charge < -0.3 is 9.80 Å². The number of para-hydroxylation sites is 1. The number of piperazine rings is 1. The van der Waals surface area contributed by atoms with Crippen molar-refractivity contribution in [2.24, 2.45) is 0 Å². The number of hydrogen-bond acceptors (Lipinski definition) is 6. The average Bonchev–Trinajstić information content (AvgIpc) is 2.61. The van der Waals surface area contributed by atoms with Crippen molar-refractivity contribution in [2.75, 3.05) is 36.0 Å². The van der Waals surface area contributed by atoms with Crippen LogP contribution in [0.3, 0.4) is 0 Å². The fourth-order valence-corrected chi connectivity index (χ4v) is 3.19. The molecule has 0 radical (unpaired) electrons. The van der Waals surface area contributed by atoms with Crippen molar-refractivity contribution in [3.8, 4) is 0 Å². The highest BCUT2D eigenvalue weighted by Crippen LogP contribution is 2.33. The van der Waals surface area contributed by atoms with Gasteiger partial charge in [-0.1, -0.05) is 23.7 Å². The lowest BCUT2D eigenvalue weighted by molar-refractivity contribution is -0.393. The number of nitro groups is 2. The fraction of sp³-hybridized carbons (Fsp3) is 0.250. The molecule has 130 valence electrons. The molecule has 0 N–H and O–H groups in total. The van der Waals surface area contributed by atoms with E-state index in [1.807, 2.05) is 29.2 Å². The minimum atomic E-state index is -0.633. The lowest BCUT2D eigenvalue weighted by atomic mass is 10.2. The van der Waals surface area contributed by atoms with Crippen LogP contribution < -0.4 is 9.80 Å². The van der Waals surface area contributed by atoms with Crippen LogP contribution in [0.4, 0.5) is 22.7 Å². The Bertz CT molecular complexity index is 822. The standard InChI is InChI=1S/C16H15ClN4O4/c17-13-3-1-2-4-14(13)18-7-9-19(10-8-18)15-6-5-12(20(22)23)11-16(15)21(24)25/h1-6,11H,7-10H2. The highest BCUT2D eigenvalue weighted by Gasteiger charge is 2.26. The zero-order valence-electron chi connectivity index (χ0n) is 13.2. The van der Waals surface area contributed by atoms with Gasteiger partial charge in [0.1, 0.15) is 5.69 Å². The molecule has 0 atom stereocenters. The van der Waals surface area contributed by atoms with E-state index in [0.717, 1.165) is 11.8 Å². The molecule has 1 aliphatic heterocycles. The third-order valence-electron chi connectivity index (χ3n) is 4.18. The first kappa shape index (κ1) is 17.0. The molecule has 2 aromatic carbocycles. The van der Waals surface area contributed by atoms with E-state index >= 15 is 0 Å². The van der Waals surface area contributed by atoms with Gasteiger partial charge in [-0.05, 0) is 18.2 Å². The SMILES string of the molecule is O=[N+]([O-])c1ccc(N2CCN(c3ccccc3Cl)CC2)c([N+](=O)[O-])c1. The van der Waals surface area contributed by atoms with Crippen LogP contribution in [-0.2, 0) is 0 Å². The number of nitrogens with zero attached hydrogens (tertiary/aromatic N) is 4. The summed E-state index contributed by atoms with van der Waals surface area (Å²) >= 11 is 6.22. The Morgan fingerprint density at radius 1 is 0.840 bits per heavy atom. The lowest BCUT2D eigenvalue weighted by Gasteiger charge is -2.37. The third kappa shape index (κ3) is 3.48. The molecule has 0 aromatic heterocycles. The van der Waals surface area contributed by atoms with Gasteiger partial charge in [0.25, 0.3) is 11.4 Å². The first-order valence-corrected chi connectivity index (χ1v) is 8.02. The highest BCUT2D eigenvalue weighted by molar-refractivity contribution is 6.33. The first-order valence-electron chi connectivity index (χ1n) is 7.64. The molecule has 0 amide bonds. The molecule has 9 heteroatoms. The van der Waals surface area contributed by atoms with Crippen LogP contribution in [0.2, 0.25) is 5.02 Å². The van der Waals surface area contributed by atoms with E-state index in [2.05, 4.69) is 4.90 Å². The summed E-state index contributed by atoms with van der Waals surface area (Å²) in [5, 5.41) is 22.8. The first-order chi connectivity index (χ1) is 12.0. The van der Waals surface area contributed by atoms with Crippen LogP contribution in [0.1, 0.15) is 0 Å². The maximum absolute atomic E-state index is 11.3. The van der Waals surface area contributed by atoms with Crippen molar-refractivity contribution in [1.82, 2.24) is 0 Å². The lowest BCUT2D eigenvalue weighted by Crippen LogP contribution is -2.46. The van der Waals surface area contributed by atoms with E-state index in [0.29, 0.717) is 36.9 Å². The van der Waals surface area contributed by atoms with Gasteiger partial charge >= 0.3 is 0 Å². The second-order valence-corrected chi connectivity index (χ2v) is 6.02. The molecule has 2 aromatic rings. The maximum Gasteiger partial charge on any atom is 0.299 e.